The second kappa shape index (κ2) is 7.17. The second-order valence-electron chi connectivity index (χ2n) is 5.61. The van der Waals surface area contributed by atoms with Gasteiger partial charge in [0.05, 0.1) is 17.6 Å². The summed E-state index contributed by atoms with van der Waals surface area (Å²) in [5, 5.41) is 13.5. The van der Waals surface area contributed by atoms with Crippen molar-refractivity contribution >= 4 is 11.8 Å². The largest absolute Gasteiger partial charge is 0.469 e. The fraction of sp³-hybridized carbons (Fsp3) is 0.222. The highest BCUT2D eigenvalue weighted by Crippen LogP contribution is 2.31. The molecule has 0 saturated heterocycles. The Bertz CT molecular complexity index is 1010. The third-order valence-corrected chi connectivity index (χ3v) is 4.81. The minimum atomic E-state index is 0.530. The lowest BCUT2D eigenvalue weighted by atomic mass is 10.2. The van der Waals surface area contributed by atoms with Crippen molar-refractivity contribution in [1.82, 2.24) is 24.9 Å². The Labute approximate surface area is 154 Å². The van der Waals surface area contributed by atoms with E-state index in [0.29, 0.717) is 17.5 Å². The van der Waals surface area contributed by atoms with Crippen LogP contribution in [0.3, 0.4) is 0 Å². The van der Waals surface area contributed by atoms with Crippen LogP contribution in [-0.2, 0) is 12.2 Å². The number of para-hydroxylation sites is 1. The number of nitrogens with zero attached hydrogens (tertiary/aromatic N) is 5. The summed E-state index contributed by atoms with van der Waals surface area (Å²) < 4.78 is 12.7. The zero-order valence-electron chi connectivity index (χ0n) is 14.4. The molecule has 0 radical (unpaired) electrons. The molecule has 0 unspecified atom stereocenters. The van der Waals surface area contributed by atoms with Crippen molar-refractivity contribution in [3.63, 3.8) is 0 Å². The van der Waals surface area contributed by atoms with Gasteiger partial charge in [0.1, 0.15) is 5.76 Å². The van der Waals surface area contributed by atoms with E-state index in [2.05, 4.69) is 20.3 Å². The van der Waals surface area contributed by atoms with Gasteiger partial charge in [-0.15, -0.1) is 10.2 Å². The van der Waals surface area contributed by atoms with Crippen molar-refractivity contribution in [3.8, 4) is 17.1 Å². The van der Waals surface area contributed by atoms with Crippen molar-refractivity contribution < 1.29 is 8.94 Å². The molecular formula is C18H17N5O2S. The summed E-state index contributed by atoms with van der Waals surface area (Å²) in [5.41, 5.74) is 1.90. The highest BCUT2D eigenvalue weighted by atomic mass is 32.2. The van der Waals surface area contributed by atoms with E-state index in [4.69, 9.17) is 8.94 Å². The quantitative estimate of drug-likeness (QED) is 0.475. The van der Waals surface area contributed by atoms with E-state index in [1.54, 1.807) is 6.26 Å². The lowest BCUT2D eigenvalue weighted by molar-refractivity contribution is 0.385. The first kappa shape index (κ1) is 16.6. The molecule has 4 rings (SSSR count). The lowest BCUT2D eigenvalue weighted by Gasteiger charge is -2.09. The zero-order valence-corrected chi connectivity index (χ0v) is 15.2. The van der Waals surface area contributed by atoms with Crippen molar-refractivity contribution in [2.75, 3.05) is 0 Å². The topological polar surface area (TPSA) is 82.8 Å². The molecule has 0 spiro atoms. The maximum atomic E-state index is 5.44. The molecule has 132 valence electrons. The number of rotatable bonds is 6. The van der Waals surface area contributed by atoms with Crippen LogP contribution in [0.4, 0.5) is 0 Å². The van der Waals surface area contributed by atoms with E-state index in [1.165, 1.54) is 11.8 Å². The van der Waals surface area contributed by atoms with E-state index in [9.17, 15) is 0 Å². The first-order valence-electron chi connectivity index (χ1n) is 8.26. The Morgan fingerprint density at radius 2 is 1.96 bits per heavy atom. The van der Waals surface area contributed by atoms with Gasteiger partial charge in [-0.2, -0.15) is 4.98 Å². The van der Waals surface area contributed by atoms with Gasteiger partial charge in [0.25, 0.3) is 0 Å². The molecule has 7 nitrogen and oxygen atoms in total. The van der Waals surface area contributed by atoms with E-state index in [1.807, 2.05) is 54.8 Å². The van der Waals surface area contributed by atoms with Crippen LogP contribution in [0.5, 0.6) is 0 Å². The predicted molar refractivity (Wildman–Crippen MR) is 97.0 cm³/mol. The Morgan fingerprint density at radius 1 is 1.12 bits per heavy atom. The van der Waals surface area contributed by atoms with Gasteiger partial charge >= 0.3 is 0 Å². The summed E-state index contributed by atoms with van der Waals surface area (Å²) in [7, 11) is 0. The standard InChI is InChI=1S/C18H17N5O2S/c1-3-15-19-16(25-22-15)11-26-18-21-20-17(14-9-10-24-12(14)2)23(18)13-7-5-4-6-8-13/h4-10H,3,11H2,1-2H3. The number of benzene rings is 1. The van der Waals surface area contributed by atoms with Crippen LogP contribution >= 0.6 is 11.8 Å². The van der Waals surface area contributed by atoms with Crippen LogP contribution in [0.1, 0.15) is 24.4 Å². The molecular weight excluding hydrogens is 350 g/mol. The fourth-order valence-electron chi connectivity index (χ4n) is 2.58. The molecule has 4 aromatic rings. The maximum absolute atomic E-state index is 5.44. The lowest BCUT2D eigenvalue weighted by Crippen LogP contribution is -1.99. The predicted octanol–water partition coefficient (Wildman–Crippen LogP) is 4.07. The second-order valence-corrected chi connectivity index (χ2v) is 6.56. The van der Waals surface area contributed by atoms with Gasteiger partial charge < -0.3 is 8.94 Å². The Kier molecular flexibility index (Phi) is 4.57. The number of thioether (sulfide) groups is 1. The summed E-state index contributed by atoms with van der Waals surface area (Å²) in [5.74, 6) is 3.36. The summed E-state index contributed by atoms with van der Waals surface area (Å²) in [6.45, 7) is 3.91. The maximum Gasteiger partial charge on any atom is 0.237 e. The molecule has 0 bridgehead atoms. The average Bonchev–Trinajstić information content (AvgIpc) is 3.39. The summed E-state index contributed by atoms with van der Waals surface area (Å²) in [6.07, 6.45) is 2.41. The Balaban J connectivity index is 1.70. The average molecular weight is 367 g/mol. The van der Waals surface area contributed by atoms with Gasteiger partial charge in [-0.05, 0) is 25.1 Å². The number of furan rings is 1. The van der Waals surface area contributed by atoms with E-state index in [0.717, 1.165) is 34.4 Å². The number of hydrogen-bond acceptors (Lipinski definition) is 7. The number of aryl methyl sites for hydroxylation is 2. The van der Waals surface area contributed by atoms with Gasteiger partial charge in [0, 0.05) is 12.1 Å². The summed E-state index contributed by atoms with van der Waals surface area (Å²) >= 11 is 1.51. The van der Waals surface area contributed by atoms with E-state index >= 15 is 0 Å². The van der Waals surface area contributed by atoms with Crippen LogP contribution in [-0.4, -0.2) is 24.9 Å². The van der Waals surface area contributed by atoms with Crippen LogP contribution < -0.4 is 0 Å². The summed E-state index contributed by atoms with van der Waals surface area (Å²) in [6, 6.07) is 11.9. The SMILES string of the molecule is CCc1noc(CSc2nnc(-c3ccoc3C)n2-c2ccccc2)n1. The first-order valence-corrected chi connectivity index (χ1v) is 9.24. The molecule has 0 fully saturated rings. The molecule has 0 aliphatic heterocycles. The van der Waals surface area contributed by atoms with Crippen LogP contribution in [0.25, 0.3) is 17.1 Å². The van der Waals surface area contributed by atoms with Crippen LogP contribution in [0.2, 0.25) is 0 Å². The van der Waals surface area contributed by atoms with Crippen molar-refractivity contribution in [2.45, 2.75) is 31.2 Å². The zero-order chi connectivity index (χ0) is 17.9. The van der Waals surface area contributed by atoms with Gasteiger partial charge in [0.2, 0.25) is 5.89 Å². The van der Waals surface area contributed by atoms with Gasteiger partial charge in [-0.25, -0.2) is 0 Å². The smallest absolute Gasteiger partial charge is 0.237 e. The third-order valence-electron chi connectivity index (χ3n) is 3.90. The van der Waals surface area contributed by atoms with Gasteiger partial charge in [-0.3, -0.25) is 4.57 Å². The van der Waals surface area contributed by atoms with Crippen LogP contribution in [0.15, 0.2) is 56.8 Å². The molecule has 0 N–H and O–H groups in total. The van der Waals surface area contributed by atoms with Gasteiger partial charge in [-0.1, -0.05) is 42.0 Å². The Hall–Kier alpha value is -2.87. The molecule has 0 amide bonds. The molecule has 3 heterocycles. The molecule has 8 heteroatoms. The third kappa shape index (κ3) is 3.15. The molecule has 3 aromatic heterocycles. The minimum Gasteiger partial charge on any atom is -0.469 e. The molecule has 26 heavy (non-hydrogen) atoms. The normalized spacial score (nSPS) is 11.2. The first-order chi connectivity index (χ1) is 12.8. The molecule has 0 aliphatic rings. The van der Waals surface area contributed by atoms with E-state index in [-0.39, 0.29) is 0 Å². The highest BCUT2D eigenvalue weighted by molar-refractivity contribution is 7.98. The van der Waals surface area contributed by atoms with Crippen LogP contribution in [0, 0.1) is 6.92 Å². The van der Waals surface area contributed by atoms with Crippen molar-refractivity contribution in [2.24, 2.45) is 0 Å². The number of aromatic nitrogens is 5. The molecule has 0 saturated carbocycles. The minimum absolute atomic E-state index is 0.530. The highest BCUT2D eigenvalue weighted by Gasteiger charge is 2.19. The molecule has 0 atom stereocenters. The Morgan fingerprint density at radius 3 is 2.65 bits per heavy atom. The summed E-state index contributed by atoms with van der Waals surface area (Å²) in [4.78, 5) is 4.35. The van der Waals surface area contributed by atoms with E-state index < -0.39 is 0 Å². The molecule has 0 aliphatic carbocycles. The van der Waals surface area contributed by atoms with Crippen molar-refractivity contribution in [3.05, 3.63) is 60.1 Å². The van der Waals surface area contributed by atoms with Crippen molar-refractivity contribution in [1.29, 1.82) is 0 Å². The van der Waals surface area contributed by atoms with Gasteiger partial charge in [0.15, 0.2) is 16.8 Å². The fourth-order valence-corrected chi connectivity index (χ4v) is 3.37. The monoisotopic (exact) mass is 367 g/mol. The molecule has 1 aromatic carbocycles. The number of hydrogen-bond donors (Lipinski definition) is 0.